The van der Waals surface area contributed by atoms with E-state index in [1.807, 2.05) is 30.3 Å². The van der Waals surface area contributed by atoms with Crippen LogP contribution in [0.15, 0.2) is 89.8 Å². The monoisotopic (exact) mass is 490 g/mol. The maximum atomic E-state index is 5.54. The van der Waals surface area contributed by atoms with E-state index in [-0.39, 0.29) is 0 Å². The van der Waals surface area contributed by atoms with Crippen LogP contribution in [0, 0.1) is 5.92 Å². The van der Waals surface area contributed by atoms with E-state index in [1.54, 1.807) is 10.5 Å². The molecule has 0 saturated carbocycles. The van der Waals surface area contributed by atoms with Crippen LogP contribution in [0.3, 0.4) is 0 Å². The summed E-state index contributed by atoms with van der Waals surface area (Å²) in [6.45, 7) is 7.52. The summed E-state index contributed by atoms with van der Waals surface area (Å²) in [6, 6.07) is 29.5. The summed E-state index contributed by atoms with van der Waals surface area (Å²) in [6.07, 6.45) is 4.06. The molecule has 2 fully saturated rings. The molecule has 0 aromatic heterocycles. The molecule has 2 nitrogen and oxygen atoms in total. The second-order valence-electron chi connectivity index (χ2n) is 10.0. The molecular weight excluding hydrogens is 456 g/mol. The van der Waals surface area contributed by atoms with Crippen LogP contribution in [0.1, 0.15) is 30.4 Å². The lowest BCUT2D eigenvalue weighted by Crippen LogP contribution is -2.44. The Kier molecular flexibility index (Phi) is 7.96. The third-order valence-electron chi connectivity index (χ3n) is 7.64. The molecule has 2 saturated heterocycles. The Morgan fingerprint density at radius 1 is 0.794 bits per heavy atom. The quantitative estimate of drug-likeness (QED) is 0.389. The van der Waals surface area contributed by atoms with E-state index in [9.17, 15) is 0 Å². The van der Waals surface area contributed by atoms with Crippen LogP contribution in [0.5, 0.6) is 0 Å². The van der Waals surface area contributed by atoms with E-state index in [1.165, 1.54) is 63.3 Å². The second-order valence-corrected chi connectivity index (χ2v) is 11.5. The van der Waals surface area contributed by atoms with Gasteiger partial charge in [0.05, 0.1) is 0 Å². The summed E-state index contributed by atoms with van der Waals surface area (Å²) in [5.74, 6) is 2.15. The van der Waals surface area contributed by atoms with Gasteiger partial charge in [-0.15, -0.1) is 11.8 Å². The number of likely N-dealkylation sites (tertiary alicyclic amines) is 2. The molecule has 1 atom stereocenters. The van der Waals surface area contributed by atoms with Crippen molar-refractivity contribution in [1.29, 1.82) is 0 Å². The van der Waals surface area contributed by atoms with Gasteiger partial charge in [0.1, 0.15) is 0 Å². The van der Waals surface area contributed by atoms with Crippen LogP contribution in [-0.4, -0.2) is 48.3 Å². The molecule has 0 bridgehead atoms. The van der Waals surface area contributed by atoms with E-state index in [2.05, 4.69) is 76.2 Å². The maximum absolute atomic E-state index is 5.54. The minimum absolute atomic E-state index is 0.465. The first kappa shape index (κ1) is 23.9. The van der Waals surface area contributed by atoms with Gasteiger partial charge in [0.25, 0.3) is 0 Å². The first-order valence-corrected chi connectivity index (χ1v) is 14.0. The van der Waals surface area contributed by atoms with Crippen LogP contribution in [0.25, 0.3) is 0 Å². The largest absolute Gasteiger partial charge is 0.303 e. The van der Waals surface area contributed by atoms with Crippen molar-refractivity contribution in [3.05, 3.63) is 101 Å². The molecule has 0 unspecified atom stereocenters. The third kappa shape index (κ3) is 5.88. The molecule has 3 aromatic rings. The third-order valence-corrected chi connectivity index (χ3v) is 9.26. The number of thioether (sulfide) groups is 1. The zero-order valence-electron chi connectivity index (χ0n) is 19.9. The van der Waals surface area contributed by atoms with E-state index in [0.717, 1.165) is 17.5 Å². The van der Waals surface area contributed by atoms with Gasteiger partial charge in [0.2, 0.25) is 0 Å². The van der Waals surface area contributed by atoms with E-state index in [4.69, 9.17) is 11.6 Å². The minimum Gasteiger partial charge on any atom is -0.303 e. The summed E-state index contributed by atoms with van der Waals surface area (Å²) < 4.78 is 0. The zero-order valence-corrected chi connectivity index (χ0v) is 21.5. The van der Waals surface area contributed by atoms with Crippen LogP contribution < -0.4 is 0 Å². The number of hydrogen-bond acceptors (Lipinski definition) is 3. The molecule has 6 rings (SSSR count). The molecule has 0 aliphatic carbocycles. The van der Waals surface area contributed by atoms with Gasteiger partial charge in [0.15, 0.2) is 0 Å². The highest BCUT2D eigenvalue weighted by molar-refractivity contribution is 7.99. The number of piperidine rings is 1. The molecule has 34 heavy (non-hydrogen) atoms. The number of hydrogen-bond donors (Lipinski definition) is 0. The first-order chi connectivity index (χ1) is 16.7. The van der Waals surface area contributed by atoms with Crippen molar-refractivity contribution in [2.45, 2.75) is 36.1 Å². The number of rotatable bonds is 4. The molecule has 3 aromatic carbocycles. The van der Waals surface area contributed by atoms with Gasteiger partial charge in [0, 0.05) is 40.7 Å². The van der Waals surface area contributed by atoms with Crippen molar-refractivity contribution in [3.8, 4) is 0 Å². The van der Waals surface area contributed by atoms with Crippen LogP contribution in [-0.2, 0) is 12.0 Å². The summed E-state index contributed by atoms with van der Waals surface area (Å²) in [5.41, 5.74) is 3.56. The maximum Gasteiger partial charge on any atom is 0.0405 e. The van der Waals surface area contributed by atoms with Crippen molar-refractivity contribution in [2.24, 2.45) is 5.92 Å². The van der Waals surface area contributed by atoms with E-state index >= 15 is 0 Å². The molecule has 0 amide bonds. The van der Waals surface area contributed by atoms with Crippen LogP contribution >= 0.6 is 23.4 Å². The van der Waals surface area contributed by atoms with Gasteiger partial charge < -0.3 is 4.90 Å². The fourth-order valence-electron chi connectivity index (χ4n) is 5.73. The highest BCUT2D eigenvalue weighted by Gasteiger charge is 2.41. The second kappa shape index (κ2) is 11.3. The fraction of sp³-hybridized carbons (Fsp3) is 0.400. The molecule has 4 heteroatoms. The van der Waals surface area contributed by atoms with Crippen molar-refractivity contribution in [1.82, 2.24) is 9.80 Å². The average Bonchev–Trinajstić information content (AvgIpc) is 3.47. The standard InChI is InChI=1S/C24H30N2S.C6H5Cl/c1-2-6-20(7-3-1)16-26-13-10-21(18-26)17-25-14-11-24(12-15-25)19-27-23-9-5-4-8-22(23)24;7-6-4-2-1-3-5-6/h1-9,21H,10-19H2;1-5H/t21-;/m0./s1. The highest BCUT2D eigenvalue weighted by atomic mass is 35.5. The lowest BCUT2D eigenvalue weighted by atomic mass is 9.74. The van der Waals surface area contributed by atoms with Crippen LogP contribution in [0.2, 0.25) is 5.02 Å². The Morgan fingerprint density at radius 2 is 1.47 bits per heavy atom. The van der Waals surface area contributed by atoms with E-state index in [0.29, 0.717) is 5.41 Å². The lowest BCUT2D eigenvalue weighted by Gasteiger charge is -2.40. The predicted molar refractivity (Wildman–Crippen MR) is 146 cm³/mol. The van der Waals surface area contributed by atoms with Gasteiger partial charge >= 0.3 is 0 Å². The van der Waals surface area contributed by atoms with Gasteiger partial charge in [-0.3, -0.25) is 4.90 Å². The highest BCUT2D eigenvalue weighted by Crippen LogP contribution is 2.49. The Hall–Kier alpha value is -1.78. The van der Waals surface area contributed by atoms with Crippen LogP contribution in [0.4, 0.5) is 0 Å². The number of halogens is 1. The number of nitrogens with zero attached hydrogens (tertiary/aromatic N) is 2. The lowest BCUT2D eigenvalue weighted by molar-refractivity contribution is 0.149. The molecule has 178 valence electrons. The van der Waals surface area contributed by atoms with Gasteiger partial charge in [-0.2, -0.15) is 0 Å². The van der Waals surface area contributed by atoms with E-state index < -0.39 is 0 Å². The SMILES string of the molecule is Clc1ccccc1.c1ccc(CN2CC[C@@H](CN3CCC4(CC3)CSc3ccccc34)C2)cc1. The smallest absolute Gasteiger partial charge is 0.0405 e. The topological polar surface area (TPSA) is 6.48 Å². The van der Waals surface area contributed by atoms with Crippen molar-refractivity contribution in [2.75, 3.05) is 38.5 Å². The van der Waals surface area contributed by atoms with Gasteiger partial charge in [-0.1, -0.05) is 78.3 Å². The number of fused-ring (bicyclic) bond motifs is 2. The van der Waals surface area contributed by atoms with Crippen molar-refractivity contribution in [3.63, 3.8) is 0 Å². The molecule has 0 radical (unpaired) electrons. The van der Waals surface area contributed by atoms with Gasteiger partial charge in [-0.05, 0) is 74.1 Å². The molecule has 3 aliphatic rings. The first-order valence-electron chi connectivity index (χ1n) is 12.6. The minimum atomic E-state index is 0.465. The fourth-order valence-corrected chi connectivity index (χ4v) is 7.36. The summed E-state index contributed by atoms with van der Waals surface area (Å²) in [5, 5.41) is 0.794. The number of benzene rings is 3. The Labute approximate surface area is 214 Å². The Balaban J connectivity index is 0.000000297. The summed E-state index contributed by atoms with van der Waals surface area (Å²) in [7, 11) is 0. The zero-order chi connectivity index (χ0) is 23.2. The predicted octanol–water partition coefficient (Wildman–Crippen LogP) is 6.99. The van der Waals surface area contributed by atoms with Gasteiger partial charge in [-0.25, -0.2) is 0 Å². The summed E-state index contributed by atoms with van der Waals surface area (Å²) >= 11 is 7.62. The van der Waals surface area contributed by atoms with Crippen molar-refractivity contribution < 1.29 is 0 Å². The molecular formula is C30H35ClN2S. The Morgan fingerprint density at radius 3 is 2.18 bits per heavy atom. The molecule has 3 aliphatic heterocycles. The molecule has 0 N–H and O–H groups in total. The molecule has 1 spiro atoms. The Bertz CT molecular complexity index is 1030. The summed E-state index contributed by atoms with van der Waals surface area (Å²) in [4.78, 5) is 6.95. The van der Waals surface area contributed by atoms with Crippen molar-refractivity contribution >= 4 is 23.4 Å². The average molecular weight is 491 g/mol. The normalized spacial score (nSPS) is 21.7. The molecule has 3 heterocycles.